The van der Waals surface area contributed by atoms with Gasteiger partial charge in [-0.25, -0.2) is 9.78 Å². The molecule has 2 N–H and O–H groups in total. The van der Waals surface area contributed by atoms with Gasteiger partial charge in [-0.15, -0.1) is 0 Å². The molecule has 0 aliphatic carbocycles. The topological polar surface area (TPSA) is 90.7 Å². The van der Waals surface area contributed by atoms with E-state index in [9.17, 15) is 9.59 Å². The molecule has 0 atom stereocenters. The molecule has 0 aromatic carbocycles. The molecule has 0 spiro atoms. The summed E-state index contributed by atoms with van der Waals surface area (Å²) < 4.78 is 5.25. The van der Waals surface area contributed by atoms with E-state index in [-0.39, 0.29) is 17.9 Å². The van der Waals surface area contributed by atoms with Crippen LogP contribution < -0.4 is 15.5 Å². The van der Waals surface area contributed by atoms with Crippen LogP contribution in [0.1, 0.15) is 43.4 Å². The first-order valence-corrected chi connectivity index (χ1v) is 11.2. The maximum absolute atomic E-state index is 12.7. The lowest BCUT2D eigenvalue weighted by Crippen LogP contribution is -2.46. The van der Waals surface area contributed by atoms with E-state index in [0.717, 1.165) is 30.2 Å². The van der Waals surface area contributed by atoms with Crippen molar-refractivity contribution in [2.24, 2.45) is 5.92 Å². The van der Waals surface area contributed by atoms with E-state index in [1.54, 1.807) is 17.2 Å². The molecule has 4 heterocycles. The molecule has 4 rings (SSSR count). The van der Waals surface area contributed by atoms with Gasteiger partial charge in [-0.1, -0.05) is 6.07 Å². The zero-order valence-corrected chi connectivity index (χ0v) is 17.9. The summed E-state index contributed by atoms with van der Waals surface area (Å²) >= 11 is 0. The van der Waals surface area contributed by atoms with Crippen LogP contribution in [0.2, 0.25) is 0 Å². The molecule has 2 fully saturated rings. The van der Waals surface area contributed by atoms with Gasteiger partial charge in [-0.3, -0.25) is 4.79 Å². The van der Waals surface area contributed by atoms with Crippen LogP contribution in [0.25, 0.3) is 0 Å². The van der Waals surface area contributed by atoms with Crippen molar-refractivity contribution >= 4 is 17.8 Å². The van der Waals surface area contributed by atoms with Gasteiger partial charge in [0.25, 0.3) is 0 Å². The summed E-state index contributed by atoms with van der Waals surface area (Å²) in [4.78, 5) is 33.8. The van der Waals surface area contributed by atoms with Crippen molar-refractivity contribution in [1.29, 1.82) is 0 Å². The Morgan fingerprint density at radius 3 is 2.55 bits per heavy atom. The number of urea groups is 1. The molecule has 0 saturated carbocycles. The highest BCUT2D eigenvalue weighted by molar-refractivity contribution is 5.79. The van der Waals surface area contributed by atoms with Gasteiger partial charge in [0.1, 0.15) is 11.6 Å². The van der Waals surface area contributed by atoms with Gasteiger partial charge < -0.3 is 24.9 Å². The summed E-state index contributed by atoms with van der Waals surface area (Å²) in [6.45, 7) is 4.06. The Bertz CT molecular complexity index is 856. The highest BCUT2D eigenvalue weighted by Gasteiger charge is 2.27. The first-order chi connectivity index (χ1) is 15.2. The summed E-state index contributed by atoms with van der Waals surface area (Å²) in [6, 6.07) is 7.52. The number of carbonyl (C=O) groups excluding carboxylic acids is 2. The molecule has 3 amide bonds. The van der Waals surface area contributed by atoms with Crippen molar-refractivity contribution in [3.8, 4) is 0 Å². The normalized spacial score (nSPS) is 17.4. The number of furan rings is 1. The predicted octanol–water partition coefficient (Wildman–Crippen LogP) is 2.90. The van der Waals surface area contributed by atoms with Crippen LogP contribution in [-0.4, -0.2) is 48.0 Å². The number of piperidine rings is 2. The molecule has 2 aliphatic rings. The summed E-state index contributed by atoms with van der Waals surface area (Å²) in [6.07, 6.45) is 8.40. The minimum absolute atomic E-state index is 0.0259. The number of pyridine rings is 1. The second-order valence-electron chi connectivity index (χ2n) is 8.25. The Balaban J connectivity index is 1.23. The number of aromatic nitrogens is 1. The summed E-state index contributed by atoms with van der Waals surface area (Å²) in [5, 5.41) is 5.96. The molecule has 2 aromatic heterocycles. The Morgan fingerprint density at radius 2 is 1.81 bits per heavy atom. The number of carbonyl (C=O) groups is 2. The van der Waals surface area contributed by atoms with Gasteiger partial charge >= 0.3 is 6.03 Å². The molecule has 2 aromatic rings. The van der Waals surface area contributed by atoms with Gasteiger partial charge in [0.15, 0.2) is 0 Å². The van der Waals surface area contributed by atoms with Gasteiger partial charge in [-0.2, -0.15) is 0 Å². The van der Waals surface area contributed by atoms with Gasteiger partial charge in [0.05, 0.1) is 12.8 Å². The van der Waals surface area contributed by atoms with Crippen LogP contribution in [0.15, 0.2) is 41.1 Å². The summed E-state index contributed by atoms with van der Waals surface area (Å²) in [5.74, 6) is 1.68. The summed E-state index contributed by atoms with van der Waals surface area (Å²) in [7, 11) is 0. The smallest absolute Gasteiger partial charge is 0.317 e. The van der Waals surface area contributed by atoms with E-state index in [1.165, 1.54) is 19.3 Å². The number of likely N-dealkylation sites (tertiary alicyclic amines) is 1. The number of anilines is 1. The molecule has 0 bridgehead atoms. The monoisotopic (exact) mass is 425 g/mol. The third kappa shape index (κ3) is 5.57. The van der Waals surface area contributed by atoms with Crippen LogP contribution in [0, 0.1) is 5.92 Å². The largest absolute Gasteiger partial charge is 0.467 e. The average Bonchev–Trinajstić information content (AvgIpc) is 3.35. The van der Waals surface area contributed by atoms with Crippen molar-refractivity contribution in [2.75, 3.05) is 31.1 Å². The minimum Gasteiger partial charge on any atom is -0.467 e. The predicted molar refractivity (Wildman–Crippen MR) is 117 cm³/mol. The fraction of sp³-hybridized carbons (Fsp3) is 0.522. The molecule has 2 aliphatic heterocycles. The Morgan fingerprint density at radius 1 is 1.00 bits per heavy atom. The van der Waals surface area contributed by atoms with Crippen molar-refractivity contribution in [2.45, 2.75) is 45.2 Å². The molecule has 8 heteroatoms. The molecule has 0 radical (unpaired) electrons. The van der Waals surface area contributed by atoms with E-state index < -0.39 is 0 Å². The Hall–Kier alpha value is -3.03. The van der Waals surface area contributed by atoms with Gasteiger partial charge in [-0.05, 0) is 50.3 Å². The fourth-order valence-corrected chi connectivity index (χ4v) is 4.32. The number of hydrogen-bond donors (Lipinski definition) is 2. The zero-order valence-electron chi connectivity index (χ0n) is 17.9. The van der Waals surface area contributed by atoms with E-state index in [0.29, 0.717) is 39.0 Å². The zero-order chi connectivity index (χ0) is 21.5. The lowest BCUT2D eigenvalue weighted by atomic mass is 9.96. The highest BCUT2D eigenvalue weighted by atomic mass is 16.3. The Labute approximate surface area is 183 Å². The van der Waals surface area contributed by atoms with Crippen LogP contribution in [0.5, 0.6) is 0 Å². The molecular weight excluding hydrogens is 394 g/mol. The maximum Gasteiger partial charge on any atom is 0.317 e. The van der Waals surface area contributed by atoms with Crippen LogP contribution in [-0.2, 0) is 17.9 Å². The average molecular weight is 426 g/mol. The highest BCUT2D eigenvalue weighted by Crippen LogP contribution is 2.22. The Kier molecular flexibility index (Phi) is 7.07. The molecule has 31 heavy (non-hydrogen) atoms. The lowest BCUT2D eigenvalue weighted by molar-refractivity contribution is -0.126. The second kappa shape index (κ2) is 10.3. The molecule has 0 unspecified atom stereocenters. The molecule has 166 valence electrons. The first-order valence-electron chi connectivity index (χ1n) is 11.2. The number of rotatable bonds is 6. The van der Waals surface area contributed by atoms with E-state index in [4.69, 9.17) is 4.42 Å². The van der Waals surface area contributed by atoms with Crippen LogP contribution in [0.4, 0.5) is 10.6 Å². The van der Waals surface area contributed by atoms with E-state index in [1.807, 2.05) is 24.4 Å². The molecule has 2 saturated heterocycles. The van der Waals surface area contributed by atoms with Crippen molar-refractivity contribution in [3.05, 3.63) is 48.0 Å². The van der Waals surface area contributed by atoms with E-state index in [2.05, 4.69) is 20.5 Å². The third-order valence-corrected chi connectivity index (χ3v) is 6.12. The number of nitrogens with zero attached hydrogens (tertiary/aromatic N) is 3. The van der Waals surface area contributed by atoms with Crippen LogP contribution >= 0.6 is 0 Å². The molecular formula is C23H31N5O3. The maximum atomic E-state index is 12.7. The van der Waals surface area contributed by atoms with Crippen LogP contribution in [0.3, 0.4) is 0 Å². The second-order valence-corrected chi connectivity index (χ2v) is 8.25. The molecule has 8 nitrogen and oxygen atoms in total. The first kappa shape index (κ1) is 21.2. The van der Waals surface area contributed by atoms with E-state index >= 15 is 0 Å². The number of nitrogens with one attached hydrogen (secondary N) is 2. The quantitative estimate of drug-likeness (QED) is 0.743. The van der Waals surface area contributed by atoms with Gasteiger partial charge in [0, 0.05) is 50.4 Å². The number of hydrogen-bond acceptors (Lipinski definition) is 5. The standard InChI is InChI=1S/C23H31N5O3/c29-22(25-17-20-7-5-15-31-20)18-8-13-28(14-9-18)23(30)26-16-19-6-4-10-24-21(19)27-11-2-1-3-12-27/h4-7,10,15,18H,1-3,8-9,11-14,16-17H2,(H,25,29)(H,26,30). The SMILES string of the molecule is O=C(NCc1ccco1)C1CCN(C(=O)NCc2cccnc2N2CCCCC2)CC1. The fourth-order valence-electron chi connectivity index (χ4n) is 4.32. The third-order valence-electron chi connectivity index (χ3n) is 6.12. The lowest BCUT2D eigenvalue weighted by Gasteiger charge is -2.32. The van der Waals surface area contributed by atoms with Crippen molar-refractivity contribution in [3.63, 3.8) is 0 Å². The number of amides is 3. The minimum atomic E-state index is -0.0807. The van der Waals surface area contributed by atoms with Gasteiger partial charge in [0.2, 0.25) is 5.91 Å². The van der Waals surface area contributed by atoms with Crippen molar-refractivity contribution in [1.82, 2.24) is 20.5 Å². The summed E-state index contributed by atoms with van der Waals surface area (Å²) in [5.41, 5.74) is 1.05. The van der Waals surface area contributed by atoms with Crippen molar-refractivity contribution < 1.29 is 14.0 Å².